The van der Waals surface area contributed by atoms with Crippen molar-refractivity contribution in [2.45, 2.75) is 26.3 Å². The minimum Gasteiger partial charge on any atom is -0.384 e. The number of urea groups is 1. The Morgan fingerprint density at radius 2 is 1.89 bits per heavy atom. The molecule has 2 aliphatic rings. The molecule has 0 bridgehead atoms. The molecule has 6 nitrogen and oxygen atoms in total. The lowest BCUT2D eigenvalue weighted by molar-refractivity contribution is -0.128. The van der Waals surface area contributed by atoms with E-state index in [1.54, 1.807) is 26.2 Å². The molecule has 2 saturated heterocycles. The van der Waals surface area contributed by atoms with Gasteiger partial charge in [0.05, 0.1) is 6.61 Å². The molecule has 2 aliphatic heterocycles. The fraction of sp³-hybridized carbons (Fsp3) is 0.600. The number of methoxy groups -OCH3 is 1. The van der Waals surface area contributed by atoms with Gasteiger partial charge in [0.25, 0.3) is 0 Å². The summed E-state index contributed by atoms with van der Waals surface area (Å²) < 4.78 is 18.4. The highest BCUT2D eigenvalue weighted by Crippen LogP contribution is 2.44. The van der Waals surface area contributed by atoms with Gasteiger partial charge in [-0.05, 0) is 36.0 Å². The Labute approximate surface area is 159 Å². The molecule has 7 heteroatoms. The number of rotatable bonds is 4. The van der Waals surface area contributed by atoms with Crippen molar-refractivity contribution >= 4 is 11.9 Å². The number of nitrogens with zero attached hydrogens (tertiary/aromatic N) is 2. The second kappa shape index (κ2) is 8.25. The van der Waals surface area contributed by atoms with Crippen molar-refractivity contribution in [2.24, 2.45) is 11.3 Å². The maximum atomic E-state index is 13.0. The SMILES string of the molecule is COCC1CN(C(C)=O)CC12CCN(C(=O)NCc1ccc(F)cc1)CC2. The quantitative estimate of drug-likeness (QED) is 0.875. The first-order chi connectivity index (χ1) is 12.9. The van der Waals surface area contributed by atoms with Crippen LogP contribution in [0.4, 0.5) is 9.18 Å². The average molecular weight is 377 g/mol. The number of nitrogens with one attached hydrogen (secondary N) is 1. The van der Waals surface area contributed by atoms with E-state index in [4.69, 9.17) is 4.74 Å². The third kappa shape index (κ3) is 4.40. The molecule has 1 unspecified atom stereocenters. The third-order valence-electron chi connectivity index (χ3n) is 6.03. The molecule has 1 atom stereocenters. The summed E-state index contributed by atoms with van der Waals surface area (Å²) in [6.45, 7) is 5.45. The van der Waals surface area contributed by atoms with Crippen LogP contribution in [-0.2, 0) is 16.1 Å². The lowest BCUT2D eigenvalue weighted by Gasteiger charge is -2.42. The number of hydrogen-bond donors (Lipinski definition) is 1. The van der Waals surface area contributed by atoms with Crippen molar-refractivity contribution < 1.29 is 18.7 Å². The maximum Gasteiger partial charge on any atom is 0.317 e. The van der Waals surface area contributed by atoms with Gasteiger partial charge < -0.3 is 19.9 Å². The van der Waals surface area contributed by atoms with Crippen LogP contribution in [0.3, 0.4) is 0 Å². The summed E-state index contributed by atoms with van der Waals surface area (Å²) in [6, 6.07) is 6.03. The molecule has 2 heterocycles. The predicted octanol–water partition coefficient (Wildman–Crippen LogP) is 2.24. The number of likely N-dealkylation sites (tertiary alicyclic amines) is 2. The highest BCUT2D eigenvalue weighted by Gasteiger charge is 2.49. The molecule has 1 aromatic rings. The molecular formula is C20H28FN3O3. The number of carbonyl (C=O) groups excluding carboxylic acids is 2. The Bertz CT molecular complexity index is 672. The largest absolute Gasteiger partial charge is 0.384 e. The highest BCUT2D eigenvalue weighted by atomic mass is 19.1. The maximum absolute atomic E-state index is 13.0. The zero-order valence-electron chi connectivity index (χ0n) is 16.0. The Kier molecular flexibility index (Phi) is 5.99. The first-order valence-corrected chi connectivity index (χ1v) is 9.45. The van der Waals surface area contributed by atoms with E-state index in [9.17, 15) is 14.0 Å². The van der Waals surface area contributed by atoms with E-state index in [0.717, 1.165) is 31.5 Å². The van der Waals surface area contributed by atoms with Gasteiger partial charge in [0.15, 0.2) is 0 Å². The van der Waals surface area contributed by atoms with Crippen molar-refractivity contribution in [3.8, 4) is 0 Å². The Balaban J connectivity index is 1.54. The molecule has 0 aromatic heterocycles. The zero-order chi connectivity index (χ0) is 19.4. The van der Waals surface area contributed by atoms with Crippen molar-refractivity contribution in [3.63, 3.8) is 0 Å². The molecule has 1 aromatic carbocycles. The molecule has 27 heavy (non-hydrogen) atoms. The smallest absolute Gasteiger partial charge is 0.317 e. The van der Waals surface area contributed by atoms with Gasteiger partial charge in [0.2, 0.25) is 5.91 Å². The molecule has 3 amide bonds. The lowest BCUT2D eigenvalue weighted by atomic mass is 9.71. The van der Waals surface area contributed by atoms with Crippen LogP contribution in [0.25, 0.3) is 0 Å². The van der Waals surface area contributed by atoms with Gasteiger partial charge in [-0.15, -0.1) is 0 Å². The second-order valence-corrected chi connectivity index (χ2v) is 7.69. The van der Waals surface area contributed by atoms with Crippen LogP contribution < -0.4 is 5.32 Å². The molecule has 0 aliphatic carbocycles. The summed E-state index contributed by atoms with van der Waals surface area (Å²) in [5.41, 5.74) is 0.904. The van der Waals surface area contributed by atoms with Crippen LogP contribution in [0.5, 0.6) is 0 Å². The number of halogens is 1. The molecule has 1 N–H and O–H groups in total. The average Bonchev–Trinajstić information content (AvgIpc) is 3.00. The zero-order valence-corrected chi connectivity index (χ0v) is 16.0. The van der Waals surface area contributed by atoms with Crippen LogP contribution in [0.2, 0.25) is 0 Å². The van der Waals surface area contributed by atoms with Crippen LogP contribution >= 0.6 is 0 Å². The molecule has 3 rings (SSSR count). The molecular weight excluding hydrogens is 349 g/mol. The minimum absolute atomic E-state index is 0.0371. The second-order valence-electron chi connectivity index (χ2n) is 7.69. The fourth-order valence-corrected chi connectivity index (χ4v) is 4.32. The van der Waals surface area contributed by atoms with Crippen LogP contribution in [-0.4, -0.2) is 61.6 Å². The van der Waals surface area contributed by atoms with E-state index < -0.39 is 0 Å². The normalized spacial score (nSPS) is 21.5. The number of piperidine rings is 1. The Morgan fingerprint density at radius 3 is 2.48 bits per heavy atom. The monoisotopic (exact) mass is 377 g/mol. The lowest BCUT2D eigenvalue weighted by Crippen LogP contribution is -2.50. The van der Waals surface area contributed by atoms with Gasteiger partial charge in [-0.3, -0.25) is 4.79 Å². The number of hydrogen-bond acceptors (Lipinski definition) is 3. The first-order valence-electron chi connectivity index (χ1n) is 9.45. The summed E-state index contributed by atoms with van der Waals surface area (Å²) in [5, 5.41) is 2.91. The molecule has 0 radical (unpaired) electrons. The van der Waals surface area contributed by atoms with Crippen molar-refractivity contribution in [3.05, 3.63) is 35.6 Å². The predicted molar refractivity (Wildman–Crippen MR) is 99.5 cm³/mol. The van der Waals surface area contributed by atoms with Gasteiger partial charge in [0, 0.05) is 52.7 Å². The molecule has 148 valence electrons. The van der Waals surface area contributed by atoms with Crippen molar-refractivity contribution in [1.82, 2.24) is 15.1 Å². The van der Waals surface area contributed by atoms with E-state index in [2.05, 4.69) is 5.32 Å². The topological polar surface area (TPSA) is 61.9 Å². The summed E-state index contributed by atoms with van der Waals surface area (Å²) in [4.78, 5) is 28.0. The van der Waals surface area contributed by atoms with Crippen molar-refractivity contribution in [2.75, 3.05) is 39.9 Å². The number of ether oxygens (including phenoxy) is 1. The standard InChI is InChI=1S/C20H28FN3O3/c1-15(25)24-12-17(13-27-2)20(14-24)7-9-23(10-8-20)19(26)22-11-16-3-5-18(21)6-4-16/h3-6,17H,7-14H2,1-2H3,(H,22,26). The van der Waals surface area contributed by atoms with Gasteiger partial charge >= 0.3 is 6.03 Å². The molecule has 1 spiro atoms. The Morgan fingerprint density at radius 1 is 1.22 bits per heavy atom. The number of amides is 3. The Hall–Kier alpha value is -2.15. The summed E-state index contributed by atoms with van der Waals surface area (Å²) in [5.74, 6) is 0.136. The van der Waals surface area contributed by atoms with E-state index in [1.807, 2.05) is 9.80 Å². The minimum atomic E-state index is -0.284. The fourth-order valence-electron chi connectivity index (χ4n) is 4.32. The van der Waals surface area contributed by atoms with Gasteiger partial charge in [-0.25, -0.2) is 9.18 Å². The summed E-state index contributed by atoms with van der Waals surface area (Å²) in [6.07, 6.45) is 1.74. The van der Waals surface area contributed by atoms with E-state index in [-0.39, 0.29) is 23.2 Å². The number of benzene rings is 1. The van der Waals surface area contributed by atoms with Crippen LogP contribution in [0.1, 0.15) is 25.3 Å². The van der Waals surface area contributed by atoms with Crippen LogP contribution in [0.15, 0.2) is 24.3 Å². The van der Waals surface area contributed by atoms with Gasteiger partial charge in [-0.2, -0.15) is 0 Å². The first kappa shape index (κ1) is 19.6. The number of carbonyl (C=O) groups is 2. The third-order valence-corrected chi connectivity index (χ3v) is 6.03. The van der Waals surface area contributed by atoms with Crippen molar-refractivity contribution in [1.29, 1.82) is 0 Å². The molecule has 2 fully saturated rings. The summed E-state index contributed by atoms with van der Waals surface area (Å²) >= 11 is 0. The van der Waals surface area contributed by atoms with Gasteiger partial charge in [0.1, 0.15) is 5.82 Å². The van der Waals surface area contributed by atoms with Gasteiger partial charge in [-0.1, -0.05) is 12.1 Å². The highest BCUT2D eigenvalue weighted by molar-refractivity contribution is 5.74. The van der Waals surface area contributed by atoms with E-state index in [0.29, 0.717) is 32.2 Å². The molecule has 0 saturated carbocycles. The van der Waals surface area contributed by atoms with E-state index in [1.165, 1.54) is 12.1 Å². The van der Waals surface area contributed by atoms with Crippen LogP contribution in [0, 0.1) is 17.2 Å². The summed E-state index contributed by atoms with van der Waals surface area (Å²) in [7, 11) is 1.70. The van der Waals surface area contributed by atoms with E-state index >= 15 is 0 Å².